The van der Waals surface area contributed by atoms with Crippen molar-refractivity contribution in [1.82, 2.24) is 14.7 Å². The fraction of sp³-hybridized carbons (Fsp3) is 0.667. The molecule has 2 saturated heterocycles. The molecule has 2 fully saturated rings. The molecule has 10 nitrogen and oxygen atoms in total. The van der Waals surface area contributed by atoms with E-state index < -0.39 is 27.0 Å². The molecule has 0 unspecified atom stereocenters. The molecule has 1 aromatic carbocycles. The molecule has 0 spiro atoms. The number of carbonyl (C=O) groups is 1. The molecular weight excluding hydrogens is 531 g/mol. The van der Waals surface area contributed by atoms with Gasteiger partial charge in [-0.25, -0.2) is 17.8 Å². The van der Waals surface area contributed by atoms with Gasteiger partial charge in [-0.2, -0.15) is 0 Å². The number of methoxy groups -OCH3 is 1. The molecule has 3 rings (SSSR count). The zero-order chi connectivity index (χ0) is 25.7. The second-order valence-corrected chi connectivity index (χ2v) is 10.7. The fourth-order valence-electron chi connectivity index (χ4n) is 4.28. The third-order valence-corrected chi connectivity index (χ3v) is 8.75. The van der Waals surface area contributed by atoms with Gasteiger partial charge in [0.25, 0.3) is 5.91 Å². The second kappa shape index (κ2) is 12.6. The van der Waals surface area contributed by atoms with Crippen LogP contribution in [0.1, 0.15) is 25.7 Å². The molecule has 206 valence electrons. The van der Waals surface area contributed by atoms with E-state index in [0.29, 0.717) is 36.7 Å². The molecule has 0 bridgehead atoms. The standard InChI is InChI=1S/C21H30F3N3O7S.ClH/c1-32-15-14-27(29)19(28)20(8-10-25-11-9-20)35(30,31)26-12-6-17(7-13-26)33-16-2-4-18(5-3-16)34-21(22,23)24;/h2-5,17,25,29H,6-15H2,1H3;1H. The number of benzene rings is 1. The van der Waals surface area contributed by atoms with Gasteiger partial charge in [-0.1, -0.05) is 0 Å². The lowest BCUT2D eigenvalue weighted by molar-refractivity contribution is -0.274. The molecule has 36 heavy (non-hydrogen) atoms. The summed E-state index contributed by atoms with van der Waals surface area (Å²) in [5.74, 6) is -0.901. The number of alkyl halides is 3. The van der Waals surface area contributed by atoms with E-state index >= 15 is 0 Å². The van der Waals surface area contributed by atoms with Crippen LogP contribution in [0.4, 0.5) is 13.2 Å². The van der Waals surface area contributed by atoms with Crippen LogP contribution in [0.2, 0.25) is 0 Å². The molecule has 2 N–H and O–H groups in total. The van der Waals surface area contributed by atoms with Crippen molar-refractivity contribution < 1.29 is 45.8 Å². The molecule has 2 aliphatic rings. The van der Waals surface area contributed by atoms with E-state index in [2.05, 4.69) is 10.1 Å². The number of amides is 1. The Labute approximate surface area is 214 Å². The lowest BCUT2D eigenvalue weighted by Crippen LogP contribution is -2.62. The van der Waals surface area contributed by atoms with E-state index in [1.807, 2.05) is 0 Å². The molecule has 2 aliphatic heterocycles. The lowest BCUT2D eigenvalue weighted by atomic mass is 9.95. The van der Waals surface area contributed by atoms with Crippen LogP contribution in [0.3, 0.4) is 0 Å². The fourth-order valence-corrected chi connectivity index (χ4v) is 6.51. The zero-order valence-electron chi connectivity index (χ0n) is 19.7. The summed E-state index contributed by atoms with van der Waals surface area (Å²) in [6, 6.07) is 4.98. The van der Waals surface area contributed by atoms with Gasteiger partial charge in [0.2, 0.25) is 10.0 Å². The van der Waals surface area contributed by atoms with Gasteiger partial charge in [0.05, 0.1) is 13.2 Å². The van der Waals surface area contributed by atoms with Crippen molar-refractivity contribution >= 4 is 28.3 Å². The molecule has 1 amide bonds. The van der Waals surface area contributed by atoms with E-state index in [4.69, 9.17) is 9.47 Å². The molecule has 0 aliphatic carbocycles. The molecular formula is C21H31ClF3N3O7S. The average Bonchev–Trinajstić information content (AvgIpc) is 2.83. The van der Waals surface area contributed by atoms with Gasteiger partial charge >= 0.3 is 6.36 Å². The topological polar surface area (TPSA) is 118 Å². The van der Waals surface area contributed by atoms with E-state index in [1.54, 1.807) is 0 Å². The highest BCUT2D eigenvalue weighted by atomic mass is 35.5. The number of hydrogen-bond donors (Lipinski definition) is 2. The third kappa shape index (κ3) is 7.13. The van der Waals surface area contributed by atoms with Crippen molar-refractivity contribution in [3.8, 4) is 11.5 Å². The van der Waals surface area contributed by atoms with E-state index in [-0.39, 0.29) is 63.3 Å². The van der Waals surface area contributed by atoms with Crippen LogP contribution in [-0.2, 0) is 19.6 Å². The summed E-state index contributed by atoms with van der Waals surface area (Å²) in [6.45, 7) is 0.751. The first-order valence-electron chi connectivity index (χ1n) is 11.2. The van der Waals surface area contributed by atoms with Crippen LogP contribution in [-0.4, -0.2) is 92.6 Å². The number of nitrogens with one attached hydrogen (secondary N) is 1. The van der Waals surface area contributed by atoms with Crippen molar-refractivity contribution in [2.45, 2.75) is 42.9 Å². The molecule has 1 aromatic rings. The highest BCUT2D eigenvalue weighted by Crippen LogP contribution is 2.35. The summed E-state index contributed by atoms with van der Waals surface area (Å²) in [5.41, 5.74) is 0. The van der Waals surface area contributed by atoms with E-state index in [9.17, 15) is 31.6 Å². The Morgan fingerprint density at radius 3 is 2.25 bits per heavy atom. The Morgan fingerprint density at radius 2 is 1.72 bits per heavy atom. The number of hydrogen-bond acceptors (Lipinski definition) is 8. The normalized spacial score (nSPS) is 19.2. The Kier molecular flexibility index (Phi) is 10.6. The van der Waals surface area contributed by atoms with Gasteiger partial charge in [0, 0.05) is 20.2 Å². The first-order chi connectivity index (χ1) is 16.5. The molecule has 0 radical (unpaired) electrons. The lowest BCUT2D eigenvalue weighted by Gasteiger charge is -2.42. The van der Waals surface area contributed by atoms with Crippen LogP contribution in [0.25, 0.3) is 0 Å². The highest BCUT2D eigenvalue weighted by molar-refractivity contribution is 7.91. The maximum Gasteiger partial charge on any atom is 0.573 e. The average molecular weight is 562 g/mol. The number of sulfonamides is 1. The molecule has 2 heterocycles. The van der Waals surface area contributed by atoms with Crippen LogP contribution in [0.15, 0.2) is 24.3 Å². The first kappa shape index (κ1) is 30.4. The smallest absolute Gasteiger partial charge is 0.490 e. The summed E-state index contributed by atoms with van der Waals surface area (Å²) in [4.78, 5) is 13.1. The second-order valence-electron chi connectivity index (χ2n) is 8.41. The van der Waals surface area contributed by atoms with Gasteiger partial charge in [-0.05, 0) is 63.0 Å². The van der Waals surface area contributed by atoms with Gasteiger partial charge in [0.1, 0.15) is 17.6 Å². The van der Waals surface area contributed by atoms with Gasteiger partial charge in [0.15, 0.2) is 4.75 Å². The van der Waals surface area contributed by atoms with E-state index in [0.717, 1.165) is 12.1 Å². The number of piperidine rings is 2. The minimum absolute atomic E-state index is 0. The molecule has 15 heteroatoms. The number of ether oxygens (including phenoxy) is 3. The Bertz CT molecular complexity index is 952. The van der Waals surface area contributed by atoms with Crippen LogP contribution < -0.4 is 14.8 Å². The quantitative estimate of drug-likeness (QED) is 0.348. The van der Waals surface area contributed by atoms with Crippen molar-refractivity contribution in [2.75, 3.05) is 46.4 Å². The van der Waals surface area contributed by atoms with Crippen LogP contribution in [0.5, 0.6) is 11.5 Å². The first-order valence-corrected chi connectivity index (χ1v) is 12.7. The maximum absolute atomic E-state index is 13.7. The summed E-state index contributed by atoms with van der Waals surface area (Å²) in [6.07, 6.45) is -4.43. The third-order valence-electron chi connectivity index (χ3n) is 6.14. The van der Waals surface area contributed by atoms with Crippen LogP contribution in [0, 0.1) is 0 Å². The number of carbonyl (C=O) groups excluding carboxylic acids is 1. The summed E-state index contributed by atoms with van der Waals surface area (Å²) in [5, 5.41) is 13.7. The predicted molar refractivity (Wildman–Crippen MR) is 125 cm³/mol. The monoisotopic (exact) mass is 561 g/mol. The van der Waals surface area contributed by atoms with Gasteiger partial charge < -0.3 is 19.5 Å². The number of nitrogens with zero attached hydrogens (tertiary/aromatic N) is 2. The zero-order valence-corrected chi connectivity index (χ0v) is 21.3. The minimum Gasteiger partial charge on any atom is -0.490 e. The number of hydroxylamine groups is 2. The summed E-state index contributed by atoms with van der Waals surface area (Å²) < 4.78 is 78.2. The van der Waals surface area contributed by atoms with Crippen molar-refractivity contribution in [1.29, 1.82) is 0 Å². The molecule has 0 aromatic heterocycles. The van der Waals surface area contributed by atoms with Gasteiger partial charge in [-0.15, -0.1) is 25.6 Å². The van der Waals surface area contributed by atoms with Crippen molar-refractivity contribution in [2.24, 2.45) is 0 Å². The SMILES string of the molecule is COCCN(O)C(=O)C1(S(=O)(=O)N2CCC(Oc3ccc(OC(F)(F)F)cc3)CC2)CCNCC1.Cl. The Balaban J connectivity index is 0.00000456. The predicted octanol–water partition coefficient (Wildman–Crippen LogP) is 2.17. The maximum atomic E-state index is 13.7. The number of halogens is 4. The van der Waals surface area contributed by atoms with Crippen molar-refractivity contribution in [3.63, 3.8) is 0 Å². The van der Waals surface area contributed by atoms with Gasteiger partial charge in [-0.3, -0.25) is 10.0 Å². The van der Waals surface area contributed by atoms with Crippen LogP contribution >= 0.6 is 12.4 Å². The minimum atomic E-state index is -4.79. The van der Waals surface area contributed by atoms with Crippen molar-refractivity contribution in [3.05, 3.63) is 24.3 Å². The largest absolute Gasteiger partial charge is 0.573 e. The Hall–Kier alpha value is -1.84. The molecule has 0 atom stereocenters. The summed E-state index contributed by atoms with van der Waals surface area (Å²) >= 11 is 0. The number of rotatable bonds is 9. The van der Waals surface area contributed by atoms with E-state index in [1.165, 1.54) is 23.5 Å². The Morgan fingerprint density at radius 1 is 1.17 bits per heavy atom. The molecule has 0 saturated carbocycles. The summed E-state index contributed by atoms with van der Waals surface area (Å²) in [7, 11) is -2.70. The highest BCUT2D eigenvalue weighted by Gasteiger charge is 2.55.